The number of benzene rings is 3. The summed E-state index contributed by atoms with van der Waals surface area (Å²) >= 11 is 6.13. The molecule has 1 aliphatic heterocycles. The van der Waals surface area contributed by atoms with Gasteiger partial charge in [-0.1, -0.05) is 35.9 Å². The van der Waals surface area contributed by atoms with E-state index in [-0.39, 0.29) is 0 Å². The molecule has 0 saturated heterocycles. The number of fused-ring (bicyclic) bond motifs is 3. The van der Waals surface area contributed by atoms with Crippen LogP contribution >= 0.6 is 11.6 Å². The molecule has 2 heterocycles. The third-order valence-electron chi connectivity index (χ3n) is 5.45. The first kappa shape index (κ1) is 19.7. The van der Waals surface area contributed by atoms with Gasteiger partial charge in [-0.15, -0.1) is 0 Å². The Morgan fingerprint density at radius 2 is 1.90 bits per heavy atom. The summed E-state index contributed by atoms with van der Waals surface area (Å²) in [7, 11) is 1.63. The molecule has 1 aliphatic rings. The summed E-state index contributed by atoms with van der Waals surface area (Å²) in [6.45, 7) is 1.74. The molecule has 0 saturated carbocycles. The Bertz CT molecular complexity index is 1310. The van der Waals surface area contributed by atoms with Crippen molar-refractivity contribution in [3.05, 3.63) is 93.3 Å². The van der Waals surface area contributed by atoms with Crippen LogP contribution in [0.25, 0.3) is 22.1 Å². The van der Waals surface area contributed by atoms with E-state index in [4.69, 9.17) is 25.5 Å². The third-order valence-corrected chi connectivity index (χ3v) is 5.69. The number of hydrogen-bond donors (Lipinski definition) is 0. The van der Waals surface area contributed by atoms with Crippen LogP contribution in [0.15, 0.2) is 75.9 Å². The molecule has 5 rings (SSSR count). The van der Waals surface area contributed by atoms with Gasteiger partial charge in [0.2, 0.25) is 0 Å². The predicted molar refractivity (Wildman–Crippen MR) is 121 cm³/mol. The average molecular weight is 434 g/mol. The molecule has 1 aromatic heterocycles. The molecule has 156 valence electrons. The molecule has 0 fully saturated rings. The Kier molecular flexibility index (Phi) is 5.14. The molecule has 5 nitrogen and oxygen atoms in total. The van der Waals surface area contributed by atoms with Crippen LogP contribution in [0.4, 0.5) is 0 Å². The normalized spacial score (nSPS) is 13.6. The number of methoxy groups -OCH3 is 1. The van der Waals surface area contributed by atoms with Crippen LogP contribution in [-0.2, 0) is 13.1 Å². The lowest BCUT2D eigenvalue weighted by molar-refractivity contribution is 0.0890. The van der Waals surface area contributed by atoms with Crippen molar-refractivity contribution in [1.82, 2.24) is 4.90 Å². The van der Waals surface area contributed by atoms with Crippen LogP contribution in [0, 0.1) is 0 Å². The van der Waals surface area contributed by atoms with Crippen molar-refractivity contribution in [2.75, 3.05) is 13.8 Å². The maximum Gasteiger partial charge on any atom is 0.336 e. The smallest absolute Gasteiger partial charge is 0.336 e. The highest BCUT2D eigenvalue weighted by atomic mass is 35.5. The highest BCUT2D eigenvalue weighted by Gasteiger charge is 2.23. The quantitative estimate of drug-likeness (QED) is 0.399. The molecule has 4 aromatic rings. The van der Waals surface area contributed by atoms with E-state index < -0.39 is 5.63 Å². The highest BCUT2D eigenvalue weighted by Crippen LogP contribution is 2.36. The van der Waals surface area contributed by atoms with Gasteiger partial charge in [-0.2, -0.15) is 0 Å². The molecule has 3 aromatic carbocycles. The lowest BCUT2D eigenvalue weighted by Gasteiger charge is -2.29. The Morgan fingerprint density at radius 1 is 1.06 bits per heavy atom. The molecule has 0 N–H and O–H groups in total. The topological polar surface area (TPSA) is 51.9 Å². The molecular formula is C25H20ClNO4. The van der Waals surface area contributed by atoms with Gasteiger partial charge in [0.25, 0.3) is 0 Å². The fourth-order valence-electron chi connectivity index (χ4n) is 3.98. The van der Waals surface area contributed by atoms with Gasteiger partial charge in [-0.3, -0.25) is 4.90 Å². The fourth-order valence-corrected chi connectivity index (χ4v) is 4.20. The second kappa shape index (κ2) is 8.10. The monoisotopic (exact) mass is 433 g/mol. The molecular weight excluding hydrogens is 414 g/mol. The summed E-state index contributed by atoms with van der Waals surface area (Å²) in [6.07, 6.45) is 0. The Morgan fingerprint density at radius 3 is 2.68 bits per heavy atom. The summed E-state index contributed by atoms with van der Waals surface area (Å²) in [5, 5.41) is 1.58. The van der Waals surface area contributed by atoms with Gasteiger partial charge in [0.15, 0.2) is 0 Å². The summed E-state index contributed by atoms with van der Waals surface area (Å²) < 4.78 is 16.9. The SMILES string of the molecule is COc1ccc(-c2cc(=O)oc3c4c(ccc23)OCN(Cc2cccc(Cl)c2)C4)cc1. The third kappa shape index (κ3) is 3.90. The first-order valence-electron chi connectivity index (χ1n) is 9.94. The molecule has 0 radical (unpaired) electrons. The summed E-state index contributed by atoms with van der Waals surface area (Å²) in [6, 6.07) is 20.8. The minimum absolute atomic E-state index is 0.390. The van der Waals surface area contributed by atoms with Crippen LogP contribution in [0.2, 0.25) is 5.02 Å². The molecule has 31 heavy (non-hydrogen) atoms. The van der Waals surface area contributed by atoms with Crippen LogP contribution < -0.4 is 15.1 Å². The zero-order valence-electron chi connectivity index (χ0n) is 16.9. The van der Waals surface area contributed by atoms with E-state index in [1.54, 1.807) is 7.11 Å². The molecule has 6 heteroatoms. The predicted octanol–water partition coefficient (Wildman–Crippen LogP) is 5.47. The number of halogens is 1. The highest BCUT2D eigenvalue weighted by molar-refractivity contribution is 6.30. The molecule has 0 amide bonds. The van der Waals surface area contributed by atoms with Crippen molar-refractivity contribution in [3.8, 4) is 22.6 Å². The van der Waals surface area contributed by atoms with E-state index in [9.17, 15) is 4.79 Å². The molecule has 0 atom stereocenters. The van der Waals surface area contributed by atoms with Gasteiger partial charge in [-0.05, 0) is 53.1 Å². The zero-order valence-corrected chi connectivity index (χ0v) is 17.7. The molecule has 0 aliphatic carbocycles. The summed E-state index contributed by atoms with van der Waals surface area (Å²) in [4.78, 5) is 14.6. The van der Waals surface area contributed by atoms with E-state index in [0.29, 0.717) is 30.4 Å². The minimum Gasteiger partial charge on any atom is -0.497 e. The van der Waals surface area contributed by atoms with E-state index in [2.05, 4.69) is 4.90 Å². The maximum absolute atomic E-state index is 12.4. The van der Waals surface area contributed by atoms with Crippen molar-refractivity contribution in [2.45, 2.75) is 13.1 Å². The van der Waals surface area contributed by atoms with Crippen LogP contribution in [0.3, 0.4) is 0 Å². The van der Waals surface area contributed by atoms with E-state index in [1.165, 1.54) is 6.07 Å². The van der Waals surface area contributed by atoms with Crippen molar-refractivity contribution in [1.29, 1.82) is 0 Å². The van der Waals surface area contributed by atoms with Gasteiger partial charge in [0.1, 0.15) is 23.8 Å². The van der Waals surface area contributed by atoms with Crippen molar-refractivity contribution < 1.29 is 13.9 Å². The minimum atomic E-state index is -0.390. The second-order valence-corrected chi connectivity index (χ2v) is 7.95. The van der Waals surface area contributed by atoms with Crippen molar-refractivity contribution >= 4 is 22.6 Å². The lowest BCUT2D eigenvalue weighted by atomic mass is 9.99. The van der Waals surface area contributed by atoms with Crippen LogP contribution in [-0.4, -0.2) is 18.7 Å². The van der Waals surface area contributed by atoms with Crippen LogP contribution in [0.5, 0.6) is 11.5 Å². The lowest BCUT2D eigenvalue weighted by Crippen LogP contribution is -2.31. The summed E-state index contributed by atoms with van der Waals surface area (Å²) in [5.41, 5.74) is 3.89. The Labute approximate surface area is 184 Å². The van der Waals surface area contributed by atoms with E-state index in [0.717, 1.165) is 39.1 Å². The van der Waals surface area contributed by atoms with Gasteiger partial charge in [0.05, 0.1) is 12.7 Å². The number of hydrogen-bond acceptors (Lipinski definition) is 5. The number of nitrogens with zero attached hydrogens (tertiary/aromatic N) is 1. The largest absolute Gasteiger partial charge is 0.497 e. The van der Waals surface area contributed by atoms with Gasteiger partial charge in [-0.25, -0.2) is 4.79 Å². The number of ether oxygens (including phenoxy) is 2. The Balaban J connectivity index is 1.55. The second-order valence-electron chi connectivity index (χ2n) is 7.52. The molecule has 0 bridgehead atoms. The maximum atomic E-state index is 12.4. The van der Waals surface area contributed by atoms with Crippen molar-refractivity contribution in [3.63, 3.8) is 0 Å². The average Bonchev–Trinajstić information content (AvgIpc) is 2.78. The first-order valence-corrected chi connectivity index (χ1v) is 10.3. The Hall–Kier alpha value is -3.28. The molecule has 0 spiro atoms. The van der Waals surface area contributed by atoms with E-state index >= 15 is 0 Å². The van der Waals surface area contributed by atoms with Gasteiger partial charge in [0, 0.05) is 29.6 Å². The fraction of sp³-hybridized carbons (Fsp3) is 0.160. The number of rotatable bonds is 4. The molecule has 0 unspecified atom stereocenters. The van der Waals surface area contributed by atoms with Crippen LogP contribution in [0.1, 0.15) is 11.1 Å². The van der Waals surface area contributed by atoms with Crippen molar-refractivity contribution in [2.24, 2.45) is 0 Å². The van der Waals surface area contributed by atoms with Gasteiger partial charge >= 0.3 is 5.63 Å². The first-order chi connectivity index (χ1) is 15.1. The standard InChI is InChI=1S/C25H20ClNO4/c1-29-19-7-5-17(6-8-19)21-12-24(28)31-25-20(21)9-10-23-22(25)14-27(15-30-23)13-16-3-2-4-18(26)11-16/h2-12H,13-15H2,1H3. The summed E-state index contributed by atoms with van der Waals surface area (Å²) in [5.74, 6) is 1.50. The van der Waals surface area contributed by atoms with Gasteiger partial charge < -0.3 is 13.9 Å². The van der Waals surface area contributed by atoms with E-state index in [1.807, 2.05) is 60.7 Å². The zero-order chi connectivity index (χ0) is 21.4.